The molecule has 1 rings (SSSR count). The van der Waals surface area contributed by atoms with Gasteiger partial charge in [0.05, 0.1) is 12.3 Å². The molecule has 0 radical (unpaired) electrons. The zero-order valence-corrected chi connectivity index (χ0v) is 12.0. The summed E-state index contributed by atoms with van der Waals surface area (Å²) in [5.41, 5.74) is 6.96. The lowest BCUT2D eigenvalue weighted by atomic mass is 10.1. The molecule has 0 saturated heterocycles. The van der Waals surface area contributed by atoms with Gasteiger partial charge < -0.3 is 15.8 Å². The third kappa shape index (κ3) is 5.20. The van der Waals surface area contributed by atoms with Crippen LogP contribution in [0.2, 0.25) is 0 Å². The van der Waals surface area contributed by atoms with Crippen molar-refractivity contribution in [3.8, 4) is 5.75 Å². The molecule has 0 fully saturated rings. The average Bonchev–Trinajstić information content (AvgIpc) is 2.36. The second kappa shape index (κ2) is 7.67. The Bertz CT molecular complexity index is 417. The van der Waals surface area contributed by atoms with Crippen molar-refractivity contribution >= 4 is 11.6 Å². The van der Waals surface area contributed by atoms with Crippen LogP contribution in [0.15, 0.2) is 18.2 Å². The van der Waals surface area contributed by atoms with Gasteiger partial charge in [-0.2, -0.15) is 0 Å². The van der Waals surface area contributed by atoms with Gasteiger partial charge in [-0.1, -0.05) is 13.8 Å². The van der Waals surface area contributed by atoms with Crippen molar-refractivity contribution in [1.29, 1.82) is 0 Å². The number of nitrogens with two attached hydrogens (primary N) is 1. The van der Waals surface area contributed by atoms with Crippen molar-refractivity contribution in [2.75, 3.05) is 18.9 Å². The summed E-state index contributed by atoms with van der Waals surface area (Å²) in [5, 5.41) is 2.74. The number of hydrogen-bond donors (Lipinski definition) is 2. The van der Waals surface area contributed by atoms with E-state index in [0.717, 1.165) is 12.8 Å². The molecule has 0 spiro atoms. The molecular weight excluding hydrogens is 240 g/mol. The number of hydrogen-bond acceptors (Lipinski definition) is 3. The molecule has 4 heteroatoms. The third-order valence-electron chi connectivity index (χ3n) is 2.79. The predicted octanol–water partition coefficient (Wildman–Crippen LogP) is 2.83. The van der Waals surface area contributed by atoms with E-state index >= 15 is 0 Å². The van der Waals surface area contributed by atoms with Crippen LogP contribution in [-0.2, 0) is 0 Å². The number of rotatable bonds is 7. The summed E-state index contributed by atoms with van der Waals surface area (Å²) >= 11 is 0. The second-order valence-electron chi connectivity index (χ2n) is 5.00. The van der Waals surface area contributed by atoms with Crippen LogP contribution in [0.1, 0.15) is 44.0 Å². The van der Waals surface area contributed by atoms with Crippen molar-refractivity contribution < 1.29 is 9.53 Å². The van der Waals surface area contributed by atoms with E-state index in [2.05, 4.69) is 19.2 Å². The minimum Gasteiger partial charge on any atom is -0.491 e. The van der Waals surface area contributed by atoms with E-state index in [0.29, 0.717) is 36.1 Å². The third-order valence-corrected chi connectivity index (χ3v) is 2.79. The highest BCUT2D eigenvalue weighted by Gasteiger charge is 2.08. The molecule has 3 N–H and O–H groups in total. The largest absolute Gasteiger partial charge is 0.491 e. The molecule has 1 aromatic rings. The molecule has 1 amide bonds. The Morgan fingerprint density at radius 1 is 1.42 bits per heavy atom. The highest BCUT2D eigenvalue weighted by molar-refractivity contribution is 5.95. The molecule has 0 saturated carbocycles. The van der Waals surface area contributed by atoms with Gasteiger partial charge in [0.1, 0.15) is 5.75 Å². The van der Waals surface area contributed by atoms with Crippen molar-refractivity contribution in [1.82, 2.24) is 5.32 Å². The van der Waals surface area contributed by atoms with Crippen LogP contribution in [0.25, 0.3) is 0 Å². The second-order valence-corrected chi connectivity index (χ2v) is 5.00. The lowest BCUT2D eigenvalue weighted by molar-refractivity contribution is 0.0956. The minimum absolute atomic E-state index is 0.111. The summed E-state index contributed by atoms with van der Waals surface area (Å²) in [4.78, 5) is 11.6. The van der Waals surface area contributed by atoms with Crippen LogP contribution >= 0.6 is 0 Å². The summed E-state index contributed by atoms with van der Waals surface area (Å²) in [7, 11) is 0. The summed E-state index contributed by atoms with van der Waals surface area (Å²) in [6.07, 6.45) is 2.14. The van der Waals surface area contributed by atoms with Crippen LogP contribution in [0.3, 0.4) is 0 Å². The fourth-order valence-corrected chi connectivity index (χ4v) is 1.76. The minimum atomic E-state index is -0.111. The number of nitrogens with one attached hydrogen (secondary N) is 1. The number of anilines is 1. The lowest BCUT2D eigenvalue weighted by Crippen LogP contribution is -2.22. The zero-order valence-electron chi connectivity index (χ0n) is 12.0. The van der Waals surface area contributed by atoms with E-state index in [-0.39, 0.29) is 5.91 Å². The summed E-state index contributed by atoms with van der Waals surface area (Å²) in [6, 6.07) is 5.15. The van der Waals surface area contributed by atoms with Gasteiger partial charge in [0.15, 0.2) is 0 Å². The summed E-state index contributed by atoms with van der Waals surface area (Å²) in [6.45, 7) is 7.52. The molecule has 0 bridgehead atoms. The first-order valence-corrected chi connectivity index (χ1v) is 6.85. The molecular formula is C15H24N2O2. The van der Waals surface area contributed by atoms with E-state index in [4.69, 9.17) is 10.5 Å². The number of carbonyl (C=O) groups excluding carboxylic acids is 1. The molecule has 0 unspecified atom stereocenters. The van der Waals surface area contributed by atoms with Crippen molar-refractivity contribution in [3.63, 3.8) is 0 Å². The first-order valence-electron chi connectivity index (χ1n) is 6.85. The monoisotopic (exact) mass is 264 g/mol. The molecule has 0 aliphatic rings. The number of ether oxygens (including phenoxy) is 1. The van der Waals surface area contributed by atoms with Crippen LogP contribution in [-0.4, -0.2) is 19.1 Å². The van der Waals surface area contributed by atoms with E-state index in [1.54, 1.807) is 18.2 Å². The fraction of sp³-hybridized carbons (Fsp3) is 0.533. The normalized spacial score (nSPS) is 10.5. The topological polar surface area (TPSA) is 64.3 Å². The molecule has 0 atom stereocenters. The molecule has 19 heavy (non-hydrogen) atoms. The molecule has 4 nitrogen and oxygen atoms in total. The number of benzene rings is 1. The number of carbonyl (C=O) groups is 1. The fourth-order valence-electron chi connectivity index (χ4n) is 1.76. The Morgan fingerprint density at radius 3 is 2.74 bits per heavy atom. The van der Waals surface area contributed by atoms with Gasteiger partial charge in [-0.05, 0) is 43.9 Å². The quantitative estimate of drug-likeness (QED) is 0.588. The van der Waals surface area contributed by atoms with Crippen molar-refractivity contribution in [2.45, 2.75) is 33.6 Å². The lowest BCUT2D eigenvalue weighted by Gasteiger charge is -2.11. The Kier molecular flexibility index (Phi) is 6.19. The maximum Gasteiger partial charge on any atom is 0.251 e. The van der Waals surface area contributed by atoms with Gasteiger partial charge in [0.25, 0.3) is 5.91 Å². The van der Waals surface area contributed by atoms with E-state index < -0.39 is 0 Å². The molecule has 0 heterocycles. The first-order chi connectivity index (χ1) is 9.04. The van der Waals surface area contributed by atoms with Crippen LogP contribution < -0.4 is 15.8 Å². The molecule has 0 aliphatic heterocycles. The van der Waals surface area contributed by atoms with Crippen LogP contribution in [0, 0.1) is 5.92 Å². The Balaban J connectivity index is 2.55. The van der Waals surface area contributed by atoms with Gasteiger partial charge in [0.2, 0.25) is 0 Å². The summed E-state index contributed by atoms with van der Waals surface area (Å²) in [5.74, 6) is 1.22. The first kappa shape index (κ1) is 15.3. The molecule has 0 aliphatic carbocycles. The number of amides is 1. The average molecular weight is 264 g/mol. The highest BCUT2D eigenvalue weighted by atomic mass is 16.5. The van der Waals surface area contributed by atoms with E-state index in [9.17, 15) is 4.79 Å². The van der Waals surface area contributed by atoms with Crippen LogP contribution in [0.4, 0.5) is 5.69 Å². The smallest absolute Gasteiger partial charge is 0.251 e. The van der Waals surface area contributed by atoms with Gasteiger partial charge in [0, 0.05) is 12.1 Å². The highest BCUT2D eigenvalue weighted by Crippen LogP contribution is 2.23. The van der Waals surface area contributed by atoms with Gasteiger partial charge in [-0.25, -0.2) is 0 Å². The van der Waals surface area contributed by atoms with E-state index in [1.165, 1.54) is 0 Å². The standard InChI is InChI=1S/C15H24N2O2/c1-4-17-15(18)12-7-8-14(13(16)10-12)19-9-5-6-11(2)3/h7-8,10-11H,4-6,9,16H2,1-3H3,(H,17,18). The zero-order chi connectivity index (χ0) is 14.3. The molecule has 1 aromatic carbocycles. The predicted molar refractivity (Wildman–Crippen MR) is 78.4 cm³/mol. The van der Waals surface area contributed by atoms with E-state index in [1.807, 2.05) is 6.92 Å². The number of nitrogen functional groups attached to an aromatic ring is 1. The van der Waals surface area contributed by atoms with Crippen molar-refractivity contribution in [2.24, 2.45) is 5.92 Å². The Labute approximate surface area is 115 Å². The van der Waals surface area contributed by atoms with Crippen molar-refractivity contribution in [3.05, 3.63) is 23.8 Å². The Morgan fingerprint density at radius 2 is 2.16 bits per heavy atom. The van der Waals surface area contributed by atoms with Gasteiger partial charge in [-0.3, -0.25) is 4.79 Å². The maximum atomic E-state index is 11.6. The Hall–Kier alpha value is -1.71. The summed E-state index contributed by atoms with van der Waals surface area (Å²) < 4.78 is 5.63. The van der Waals surface area contributed by atoms with Crippen LogP contribution in [0.5, 0.6) is 5.75 Å². The van der Waals surface area contributed by atoms with Gasteiger partial charge in [-0.15, -0.1) is 0 Å². The molecule has 106 valence electrons. The molecule has 0 aromatic heterocycles. The SMILES string of the molecule is CCNC(=O)c1ccc(OCCCC(C)C)c(N)c1. The maximum absolute atomic E-state index is 11.6. The van der Waals surface area contributed by atoms with Gasteiger partial charge >= 0.3 is 0 Å².